The summed E-state index contributed by atoms with van der Waals surface area (Å²) >= 11 is 0. The predicted octanol–water partition coefficient (Wildman–Crippen LogP) is 2.11. The van der Waals surface area contributed by atoms with Crippen LogP contribution in [0, 0.1) is 6.92 Å². The Kier molecular flexibility index (Phi) is 4.78. The Balaban J connectivity index is 1.78. The van der Waals surface area contributed by atoms with E-state index in [1.165, 1.54) is 12.7 Å². The highest BCUT2D eigenvalue weighted by atomic mass is 16.5. The molecule has 0 fully saturated rings. The monoisotopic (exact) mass is 340 g/mol. The number of methoxy groups -OCH3 is 1. The van der Waals surface area contributed by atoms with E-state index in [0.717, 1.165) is 12.1 Å². The molecule has 0 atom stereocenters. The number of rotatable bonds is 6. The van der Waals surface area contributed by atoms with E-state index in [0.29, 0.717) is 18.2 Å². The van der Waals surface area contributed by atoms with Gasteiger partial charge < -0.3 is 10.1 Å². The fourth-order valence-corrected chi connectivity index (χ4v) is 2.40. The number of hydrogen-bond donors (Lipinski definition) is 1. The number of nitrogens with one attached hydrogen (secondary N) is 1. The zero-order chi connectivity index (χ0) is 17.8. The minimum absolute atomic E-state index is 0.126. The molecule has 2 heterocycles. The Morgan fingerprint density at radius 1 is 1.24 bits per heavy atom. The largest absolute Gasteiger partial charge is 0.479 e. The molecule has 0 aliphatic heterocycles. The number of aromatic nitrogens is 5. The molecule has 8 nitrogen and oxygen atoms in total. The molecule has 0 bridgehead atoms. The van der Waals surface area contributed by atoms with Crippen molar-refractivity contribution in [3.05, 3.63) is 53.3 Å². The second-order valence-corrected chi connectivity index (χ2v) is 5.60. The second-order valence-electron chi connectivity index (χ2n) is 5.60. The highest BCUT2D eigenvalue weighted by molar-refractivity contribution is 6.03. The van der Waals surface area contributed by atoms with Crippen LogP contribution in [0.2, 0.25) is 0 Å². The van der Waals surface area contributed by atoms with Crippen molar-refractivity contribution in [2.24, 2.45) is 0 Å². The van der Waals surface area contributed by atoms with Crippen molar-refractivity contribution in [3.63, 3.8) is 0 Å². The normalized spacial score (nSPS) is 10.7. The van der Waals surface area contributed by atoms with Crippen molar-refractivity contribution in [2.75, 3.05) is 12.4 Å². The maximum absolute atomic E-state index is 12.4. The van der Waals surface area contributed by atoms with E-state index in [1.807, 2.05) is 38.1 Å². The van der Waals surface area contributed by atoms with Crippen LogP contribution in [-0.4, -0.2) is 37.8 Å². The number of nitrogens with zero attached hydrogens (tertiary/aromatic N) is 5. The number of aryl methyl sites for hydroxylation is 2. The molecule has 0 aliphatic rings. The number of carbonyl (C=O) groups excluding carboxylic acids is 1. The molecule has 0 aliphatic carbocycles. The Labute approximate surface area is 145 Å². The van der Waals surface area contributed by atoms with Crippen LogP contribution in [0.4, 0.5) is 5.82 Å². The molecule has 0 radical (unpaired) electrons. The molecule has 3 aromatic rings. The van der Waals surface area contributed by atoms with Gasteiger partial charge in [-0.15, -0.1) is 5.10 Å². The van der Waals surface area contributed by atoms with Gasteiger partial charge in [-0.2, -0.15) is 5.10 Å². The summed E-state index contributed by atoms with van der Waals surface area (Å²) in [6.45, 7) is 5.19. The van der Waals surface area contributed by atoms with Crippen LogP contribution in [-0.2, 0) is 13.1 Å². The van der Waals surface area contributed by atoms with Crippen molar-refractivity contribution in [2.45, 2.75) is 26.9 Å². The van der Waals surface area contributed by atoms with E-state index >= 15 is 0 Å². The molecule has 1 aromatic carbocycles. The lowest BCUT2D eigenvalue weighted by atomic mass is 10.1. The molecule has 8 heteroatoms. The van der Waals surface area contributed by atoms with Crippen LogP contribution in [0.15, 0.2) is 36.5 Å². The third-order valence-corrected chi connectivity index (χ3v) is 3.76. The first-order valence-electron chi connectivity index (χ1n) is 7.98. The summed E-state index contributed by atoms with van der Waals surface area (Å²) in [5, 5.41) is 14.9. The van der Waals surface area contributed by atoms with Gasteiger partial charge in [-0.05, 0) is 19.4 Å². The third-order valence-electron chi connectivity index (χ3n) is 3.76. The number of ether oxygens (including phenoxy) is 1. The molecule has 130 valence electrons. The van der Waals surface area contributed by atoms with Crippen LogP contribution < -0.4 is 10.1 Å². The molecular formula is C17H20N6O2. The van der Waals surface area contributed by atoms with E-state index in [9.17, 15) is 4.79 Å². The lowest BCUT2D eigenvalue weighted by Crippen LogP contribution is -2.15. The van der Waals surface area contributed by atoms with E-state index in [-0.39, 0.29) is 5.69 Å². The average molecular weight is 340 g/mol. The van der Waals surface area contributed by atoms with E-state index < -0.39 is 5.91 Å². The van der Waals surface area contributed by atoms with Gasteiger partial charge in [-0.25, -0.2) is 4.68 Å². The first kappa shape index (κ1) is 16.7. The minimum atomic E-state index is -0.409. The van der Waals surface area contributed by atoms with Crippen molar-refractivity contribution in [3.8, 4) is 5.88 Å². The standard InChI is InChI=1S/C17H20N6O2/c1-4-22-10-9-14(20-22)18-16(24)15-17(25-3)23(21-19-15)11-13-7-5-12(2)6-8-13/h5-10H,4,11H2,1-3H3,(H,18,20,24). The van der Waals surface area contributed by atoms with E-state index in [4.69, 9.17) is 4.74 Å². The molecule has 0 saturated heterocycles. The number of amides is 1. The van der Waals surface area contributed by atoms with Gasteiger partial charge >= 0.3 is 0 Å². The summed E-state index contributed by atoms with van der Waals surface area (Å²) in [7, 11) is 1.49. The number of hydrogen-bond acceptors (Lipinski definition) is 5. The van der Waals surface area contributed by atoms with Crippen LogP contribution in [0.5, 0.6) is 5.88 Å². The number of anilines is 1. The Bertz CT molecular complexity index is 866. The summed E-state index contributed by atoms with van der Waals surface area (Å²) < 4.78 is 8.63. The van der Waals surface area contributed by atoms with Crippen molar-refractivity contribution < 1.29 is 9.53 Å². The SMILES string of the molecule is CCn1ccc(NC(=O)c2nnn(Cc3ccc(C)cc3)c2OC)n1. The summed E-state index contributed by atoms with van der Waals surface area (Å²) in [4.78, 5) is 12.4. The van der Waals surface area contributed by atoms with Gasteiger partial charge in [-0.3, -0.25) is 9.48 Å². The topological polar surface area (TPSA) is 86.9 Å². The highest BCUT2D eigenvalue weighted by Crippen LogP contribution is 2.18. The number of carbonyl (C=O) groups is 1. The summed E-state index contributed by atoms with van der Waals surface area (Å²) in [5.74, 6) is 0.364. The van der Waals surface area contributed by atoms with Gasteiger partial charge in [0.25, 0.3) is 5.91 Å². The van der Waals surface area contributed by atoms with Crippen LogP contribution in [0.25, 0.3) is 0 Å². The number of benzene rings is 1. The summed E-state index contributed by atoms with van der Waals surface area (Å²) in [6, 6.07) is 9.79. The molecular weight excluding hydrogens is 320 g/mol. The van der Waals surface area contributed by atoms with E-state index in [2.05, 4.69) is 20.7 Å². The molecule has 0 spiro atoms. The van der Waals surface area contributed by atoms with Gasteiger partial charge in [-0.1, -0.05) is 35.0 Å². The van der Waals surface area contributed by atoms with Crippen molar-refractivity contribution >= 4 is 11.7 Å². The van der Waals surface area contributed by atoms with Gasteiger partial charge in [0.15, 0.2) is 5.82 Å². The lowest BCUT2D eigenvalue weighted by Gasteiger charge is -2.07. The fourth-order valence-electron chi connectivity index (χ4n) is 2.40. The zero-order valence-electron chi connectivity index (χ0n) is 14.4. The quantitative estimate of drug-likeness (QED) is 0.743. The lowest BCUT2D eigenvalue weighted by molar-refractivity contribution is 0.101. The van der Waals surface area contributed by atoms with Gasteiger partial charge in [0.1, 0.15) is 0 Å². The molecule has 2 aromatic heterocycles. The highest BCUT2D eigenvalue weighted by Gasteiger charge is 2.21. The Morgan fingerprint density at radius 3 is 2.64 bits per heavy atom. The van der Waals surface area contributed by atoms with E-state index in [1.54, 1.807) is 21.6 Å². The first-order valence-corrected chi connectivity index (χ1v) is 7.98. The first-order chi connectivity index (χ1) is 12.1. The third kappa shape index (κ3) is 3.68. The molecule has 25 heavy (non-hydrogen) atoms. The van der Waals surface area contributed by atoms with Gasteiger partial charge in [0.2, 0.25) is 11.6 Å². The average Bonchev–Trinajstić information content (AvgIpc) is 3.23. The Morgan fingerprint density at radius 2 is 2.00 bits per heavy atom. The predicted molar refractivity (Wildman–Crippen MR) is 92.7 cm³/mol. The van der Waals surface area contributed by atoms with Gasteiger partial charge in [0.05, 0.1) is 13.7 Å². The molecule has 0 saturated carbocycles. The molecule has 1 N–H and O–H groups in total. The minimum Gasteiger partial charge on any atom is -0.479 e. The van der Waals surface area contributed by atoms with Crippen LogP contribution >= 0.6 is 0 Å². The Hall–Kier alpha value is -3.16. The molecule has 0 unspecified atom stereocenters. The second kappa shape index (κ2) is 7.16. The van der Waals surface area contributed by atoms with Crippen LogP contribution in [0.3, 0.4) is 0 Å². The maximum Gasteiger partial charge on any atom is 0.283 e. The van der Waals surface area contributed by atoms with Gasteiger partial charge in [0, 0.05) is 18.8 Å². The van der Waals surface area contributed by atoms with Crippen molar-refractivity contribution in [1.82, 2.24) is 24.8 Å². The molecule has 3 rings (SSSR count). The smallest absolute Gasteiger partial charge is 0.283 e. The maximum atomic E-state index is 12.4. The van der Waals surface area contributed by atoms with Crippen molar-refractivity contribution in [1.29, 1.82) is 0 Å². The van der Waals surface area contributed by atoms with Crippen LogP contribution in [0.1, 0.15) is 28.5 Å². The summed E-state index contributed by atoms with van der Waals surface area (Å²) in [6.07, 6.45) is 1.79. The molecule has 1 amide bonds. The summed E-state index contributed by atoms with van der Waals surface area (Å²) in [5.41, 5.74) is 2.35. The zero-order valence-corrected chi connectivity index (χ0v) is 14.4. The fraction of sp³-hybridized carbons (Fsp3) is 0.294.